The molecule has 1 unspecified atom stereocenters. The topological polar surface area (TPSA) is 43.8 Å². The number of rotatable bonds is 3. The van der Waals surface area contributed by atoms with Gasteiger partial charge in [-0.2, -0.15) is 0 Å². The summed E-state index contributed by atoms with van der Waals surface area (Å²) in [5.74, 6) is -1.06. The third-order valence-corrected chi connectivity index (χ3v) is 5.95. The summed E-state index contributed by atoms with van der Waals surface area (Å²) in [6, 6.07) is 3.72. The van der Waals surface area contributed by atoms with Crippen molar-refractivity contribution in [2.24, 2.45) is 5.41 Å². The second-order valence-electron chi connectivity index (χ2n) is 7.95. The first-order valence-corrected chi connectivity index (χ1v) is 8.82. The Hall–Kier alpha value is -1.53. The van der Waals surface area contributed by atoms with Crippen molar-refractivity contribution in [3.63, 3.8) is 0 Å². The molecule has 2 saturated heterocycles. The molecule has 1 amide bonds. The van der Waals surface area contributed by atoms with E-state index in [0.717, 1.165) is 38.4 Å². The fourth-order valence-corrected chi connectivity index (χ4v) is 4.53. The second-order valence-corrected chi connectivity index (χ2v) is 7.95. The average Bonchev–Trinajstić information content (AvgIpc) is 2.86. The van der Waals surface area contributed by atoms with Gasteiger partial charge in [0, 0.05) is 31.6 Å². The van der Waals surface area contributed by atoms with Crippen LogP contribution in [-0.2, 0) is 11.3 Å². The standard InChI is InChI=1S/C19H26F2N2O2/c1-14(25)23-12-19(11-18(23,2)13-24)5-7-22(8-6-19)10-15-3-4-16(20)9-17(15)21/h3-4,9,24H,5-8,10-13H2,1-2H3. The van der Waals surface area contributed by atoms with Gasteiger partial charge in [-0.25, -0.2) is 8.78 Å². The molecule has 2 aliphatic rings. The average molecular weight is 352 g/mol. The molecule has 0 radical (unpaired) electrons. The Labute approximate surface area is 147 Å². The van der Waals surface area contributed by atoms with Crippen LogP contribution in [0.5, 0.6) is 0 Å². The van der Waals surface area contributed by atoms with Crippen LogP contribution in [0.15, 0.2) is 18.2 Å². The molecule has 2 heterocycles. The van der Waals surface area contributed by atoms with Gasteiger partial charge in [-0.15, -0.1) is 0 Å². The number of halogens is 2. The monoisotopic (exact) mass is 352 g/mol. The van der Waals surface area contributed by atoms with Gasteiger partial charge in [-0.05, 0) is 50.8 Å². The molecule has 2 fully saturated rings. The lowest BCUT2D eigenvalue weighted by molar-refractivity contribution is -0.134. The lowest BCUT2D eigenvalue weighted by atomic mass is 9.74. The number of nitrogens with zero attached hydrogens (tertiary/aromatic N) is 2. The first-order chi connectivity index (χ1) is 11.8. The maximum absolute atomic E-state index is 13.8. The van der Waals surface area contributed by atoms with Gasteiger partial charge in [-0.1, -0.05) is 6.07 Å². The molecule has 0 saturated carbocycles. The zero-order valence-corrected chi connectivity index (χ0v) is 14.9. The highest BCUT2D eigenvalue weighted by molar-refractivity contribution is 5.74. The van der Waals surface area contributed by atoms with Crippen LogP contribution >= 0.6 is 0 Å². The molecule has 0 aromatic heterocycles. The Morgan fingerprint density at radius 1 is 1.28 bits per heavy atom. The number of piperidine rings is 1. The molecular formula is C19H26F2N2O2. The van der Waals surface area contributed by atoms with Crippen LogP contribution in [0.25, 0.3) is 0 Å². The van der Waals surface area contributed by atoms with Gasteiger partial charge in [0.15, 0.2) is 0 Å². The molecule has 3 rings (SSSR count). The summed E-state index contributed by atoms with van der Waals surface area (Å²) in [7, 11) is 0. The third kappa shape index (κ3) is 3.55. The molecule has 1 aromatic carbocycles. The van der Waals surface area contributed by atoms with Gasteiger partial charge < -0.3 is 10.0 Å². The number of carbonyl (C=O) groups is 1. The zero-order chi connectivity index (χ0) is 18.2. The first kappa shape index (κ1) is 18.3. The maximum atomic E-state index is 13.8. The number of aliphatic hydroxyl groups excluding tert-OH is 1. The van der Waals surface area contributed by atoms with Crippen LogP contribution in [-0.4, -0.2) is 52.6 Å². The van der Waals surface area contributed by atoms with Crippen LogP contribution < -0.4 is 0 Å². The fraction of sp³-hybridized carbons (Fsp3) is 0.632. The van der Waals surface area contributed by atoms with Crippen molar-refractivity contribution in [1.82, 2.24) is 9.80 Å². The first-order valence-electron chi connectivity index (χ1n) is 8.82. The van der Waals surface area contributed by atoms with E-state index in [4.69, 9.17) is 0 Å². The largest absolute Gasteiger partial charge is 0.394 e. The molecule has 1 N–H and O–H groups in total. The van der Waals surface area contributed by atoms with Gasteiger partial charge in [0.25, 0.3) is 0 Å². The number of aliphatic hydroxyl groups is 1. The number of amides is 1. The summed E-state index contributed by atoms with van der Waals surface area (Å²) >= 11 is 0. The molecule has 2 aliphatic heterocycles. The van der Waals surface area contributed by atoms with E-state index in [1.807, 2.05) is 11.8 Å². The molecule has 1 spiro atoms. The molecule has 0 bridgehead atoms. The van der Waals surface area contributed by atoms with Crippen molar-refractivity contribution in [2.75, 3.05) is 26.2 Å². The van der Waals surface area contributed by atoms with Gasteiger partial charge in [0.05, 0.1) is 12.1 Å². The van der Waals surface area contributed by atoms with Crippen molar-refractivity contribution in [3.8, 4) is 0 Å². The van der Waals surface area contributed by atoms with Crippen molar-refractivity contribution in [3.05, 3.63) is 35.4 Å². The molecule has 25 heavy (non-hydrogen) atoms. The highest BCUT2D eigenvalue weighted by Crippen LogP contribution is 2.48. The molecule has 138 valence electrons. The van der Waals surface area contributed by atoms with Crippen molar-refractivity contribution in [2.45, 2.75) is 45.2 Å². The van der Waals surface area contributed by atoms with E-state index in [1.165, 1.54) is 12.1 Å². The van der Waals surface area contributed by atoms with E-state index in [0.29, 0.717) is 18.7 Å². The summed E-state index contributed by atoms with van der Waals surface area (Å²) in [5.41, 5.74) is 0.0484. The second kappa shape index (κ2) is 6.65. The molecule has 6 heteroatoms. The van der Waals surface area contributed by atoms with Gasteiger partial charge in [0.2, 0.25) is 5.91 Å². The minimum atomic E-state index is -0.558. The highest BCUT2D eigenvalue weighted by Gasteiger charge is 2.52. The smallest absolute Gasteiger partial charge is 0.219 e. The summed E-state index contributed by atoms with van der Waals surface area (Å²) in [5, 5.41) is 9.78. The molecule has 1 atom stereocenters. The number of hydrogen-bond acceptors (Lipinski definition) is 3. The Bertz CT molecular complexity index is 659. The van der Waals surface area contributed by atoms with E-state index in [9.17, 15) is 18.7 Å². The highest BCUT2D eigenvalue weighted by atomic mass is 19.1. The van der Waals surface area contributed by atoms with Crippen molar-refractivity contribution in [1.29, 1.82) is 0 Å². The normalized spacial score (nSPS) is 26.4. The van der Waals surface area contributed by atoms with Gasteiger partial charge in [0.1, 0.15) is 11.6 Å². The van der Waals surface area contributed by atoms with Gasteiger partial charge >= 0.3 is 0 Å². The van der Waals surface area contributed by atoms with Crippen LogP contribution in [0.2, 0.25) is 0 Å². The third-order valence-electron chi connectivity index (χ3n) is 5.95. The molecular weight excluding hydrogens is 326 g/mol. The number of benzene rings is 1. The Morgan fingerprint density at radius 3 is 2.48 bits per heavy atom. The summed E-state index contributed by atoms with van der Waals surface area (Å²) in [6.45, 7) is 6.24. The van der Waals surface area contributed by atoms with E-state index >= 15 is 0 Å². The number of likely N-dealkylation sites (tertiary alicyclic amines) is 2. The molecule has 1 aromatic rings. The predicted molar refractivity (Wildman–Crippen MR) is 90.8 cm³/mol. The summed E-state index contributed by atoms with van der Waals surface area (Å²) in [4.78, 5) is 15.9. The van der Waals surface area contributed by atoms with Crippen LogP contribution in [0.4, 0.5) is 8.78 Å². The lowest BCUT2D eigenvalue weighted by Crippen LogP contribution is -2.46. The Morgan fingerprint density at radius 2 is 1.96 bits per heavy atom. The van der Waals surface area contributed by atoms with Gasteiger partial charge in [-0.3, -0.25) is 9.69 Å². The quantitative estimate of drug-likeness (QED) is 0.909. The summed E-state index contributed by atoms with van der Waals surface area (Å²) < 4.78 is 26.9. The van der Waals surface area contributed by atoms with E-state index < -0.39 is 17.2 Å². The van der Waals surface area contributed by atoms with Crippen LogP contribution in [0, 0.1) is 17.0 Å². The fourth-order valence-electron chi connectivity index (χ4n) is 4.53. The minimum Gasteiger partial charge on any atom is -0.394 e. The Balaban J connectivity index is 1.65. The van der Waals surface area contributed by atoms with Crippen LogP contribution in [0.1, 0.15) is 38.7 Å². The number of hydrogen-bond donors (Lipinski definition) is 1. The molecule has 0 aliphatic carbocycles. The SMILES string of the molecule is CC(=O)N1CC2(CCN(Cc3ccc(F)cc3F)CC2)CC1(C)CO. The van der Waals surface area contributed by atoms with Crippen molar-refractivity contribution < 1.29 is 18.7 Å². The van der Waals surface area contributed by atoms with E-state index in [-0.39, 0.29) is 17.9 Å². The van der Waals surface area contributed by atoms with E-state index in [2.05, 4.69) is 4.90 Å². The van der Waals surface area contributed by atoms with Crippen molar-refractivity contribution >= 4 is 5.91 Å². The minimum absolute atomic E-state index is 0.00392. The number of carbonyl (C=O) groups excluding carboxylic acids is 1. The Kier molecular flexibility index (Phi) is 4.86. The maximum Gasteiger partial charge on any atom is 0.219 e. The molecule has 4 nitrogen and oxygen atoms in total. The van der Waals surface area contributed by atoms with Crippen LogP contribution in [0.3, 0.4) is 0 Å². The summed E-state index contributed by atoms with van der Waals surface area (Å²) in [6.07, 6.45) is 2.62. The van der Waals surface area contributed by atoms with E-state index in [1.54, 1.807) is 6.92 Å². The lowest BCUT2D eigenvalue weighted by Gasteiger charge is -2.39. The predicted octanol–water partition coefficient (Wildman–Crippen LogP) is 2.55. The zero-order valence-electron chi connectivity index (χ0n) is 14.9.